The molecule has 0 N–H and O–H groups in total. The van der Waals surface area contributed by atoms with Crippen molar-refractivity contribution in [1.29, 1.82) is 0 Å². The molecule has 1 unspecified atom stereocenters. The summed E-state index contributed by atoms with van der Waals surface area (Å²) in [4.78, 5) is 25.2. The largest absolute Gasteiger partial charge is 0.458 e. The fourth-order valence-electron chi connectivity index (χ4n) is 1.90. The zero-order valence-electron chi connectivity index (χ0n) is 13.0. The minimum absolute atomic E-state index is 0.0475. The lowest BCUT2D eigenvalue weighted by Crippen LogP contribution is -2.45. The van der Waals surface area contributed by atoms with Crippen LogP contribution in [0, 0.1) is 0 Å². The molecular weight excluding hydrogens is 265 g/mol. The summed E-state index contributed by atoms with van der Waals surface area (Å²) in [6.45, 7) is 10.2. The van der Waals surface area contributed by atoms with Crippen LogP contribution in [0.25, 0.3) is 0 Å². The summed E-state index contributed by atoms with van der Waals surface area (Å²) in [7, 11) is 0. The Morgan fingerprint density at radius 2 is 1.55 bits per heavy atom. The molecule has 0 spiro atoms. The maximum Gasteiger partial charge on any atom is 0.411 e. The maximum atomic E-state index is 13.6. The summed E-state index contributed by atoms with van der Waals surface area (Å²) < 4.78 is 24.0. The van der Waals surface area contributed by atoms with Crippen LogP contribution in [0.2, 0.25) is 0 Å². The number of carbonyl (C=O) groups excluding carboxylic acids is 2. The molecule has 6 heteroatoms. The van der Waals surface area contributed by atoms with Crippen LogP contribution in [0.1, 0.15) is 48.0 Å². The van der Waals surface area contributed by atoms with E-state index in [1.54, 1.807) is 41.5 Å². The van der Waals surface area contributed by atoms with Gasteiger partial charge in [0.1, 0.15) is 23.4 Å². The predicted octanol–water partition coefficient (Wildman–Crippen LogP) is 2.68. The van der Waals surface area contributed by atoms with Crippen LogP contribution in [0.5, 0.6) is 0 Å². The summed E-state index contributed by atoms with van der Waals surface area (Å²) >= 11 is 0. The van der Waals surface area contributed by atoms with Crippen LogP contribution in [0.4, 0.5) is 9.18 Å². The van der Waals surface area contributed by atoms with Gasteiger partial charge < -0.3 is 9.47 Å². The second kappa shape index (κ2) is 5.58. The quantitative estimate of drug-likeness (QED) is 0.696. The fraction of sp³-hybridized carbons (Fsp3) is 0.857. The molecule has 1 heterocycles. The number of hydrogen-bond donors (Lipinski definition) is 0. The zero-order valence-corrected chi connectivity index (χ0v) is 13.0. The monoisotopic (exact) mass is 289 g/mol. The van der Waals surface area contributed by atoms with Gasteiger partial charge in [-0.05, 0) is 41.5 Å². The summed E-state index contributed by atoms with van der Waals surface area (Å²) in [6, 6.07) is -0.918. The minimum atomic E-state index is -1.24. The molecular formula is C14H24FNO4. The number of amides is 1. The van der Waals surface area contributed by atoms with Gasteiger partial charge in [-0.25, -0.2) is 14.0 Å². The summed E-state index contributed by atoms with van der Waals surface area (Å²) in [5, 5.41) is 0. The molecule has 1 rings (SSSR count). The van der Waals surface area contributed by atoms with Gasteiger partial charge in [-0.15, -0.1) is 0 Å². The average molecular weight is 289 g/mol. The van der Waals surface area contributed by atoms with Crippen molar-refractivity contribution in [2.24, 2.45) is 0 Å². The normalized spacial score (nSPS) is 23.6. The summed E-state index contributed by atoms with van der Waals surface area (Å²) in [5.74, 6) is -0.594. The number of halogens is 1. The molecule has 1 saturated heterocycles. The van der Waals surface area contributed by atoms with Crippen molar-refractivity contribution in [3.63, 3.8) is 0 Å². The third-order valence-electron chi connectivity index (χ3n) is 2.56. The second-order valence-electron chi connectivity index (χ2n) is 7.01. The molecule has 1 aliphatic heterocycles. The molecule has 2 atom stereocenters. The molecule has 0 bridgehead atoms. The highest BCUT2D eigenvalue weighted by molar-refractivity contribution is 5.82. The lowest BCUT2D eigenvalue weighted by molar-refractivity contribution is -0.160. The maximum absolute atomic E-state index is 13.6. The molecule has 116 valence electrons. The van der Waals surface area contributed by atoms with Gasteiger partial charge in [-0.1, -0.05) is 0 Å². The van der Waals surface area contributed by atoms with Crippen molar-refractivity contribution in [2.75, 3.05) is 6.54 Å². The van der Waals surface area contributed by atoms with Crippen LogP contribution < -0.4 is 0 Å². The molecule has 0 aromatic heterocycles. The Kier molecular flexibility index (Phi) is 4.66. The van der Waals surface area contributed by atoms with Crippen LogP contribution >= 0.6 is 0 Å². The smallest absolute Gasteiger partial charge is 0.411 e. The number of rotatable bonds is 1. The number of likely N-dealkylation sites (tertiary alicyclic amines) is 1. The van der Waals surface area contributed by atoms with Crippen molar-refractivity contribution in [1.82, 2.24) is 4.90 Å². The van der Waals surface area contributed by atoms with Gasteiger partial charge >= 0.3 is 12.1 Å². The highest BCUT2D eigenvalue weighted by Gasteiger charge is 2.43. The van der Waals surface area contributed by atoms with E-state index in [1.807, 2.05) is 0 Å². The van der Waals surface area contributed by atoms with E-state index in [0.29, 0.717) is 0 Å². The molecule has 1 fully saturated rings. The van der Waals surface area contributed by atoms with E-state index in [0.717, 1.165) is 4.90 Å². The highest BCUT2D eigenvalue weighted by atomic mass is 19.1. The Morgan fingerprint density at radius 3 is 2.00 bits per heavy atom. The second-order valence-corrected chi connectivity index (χ2v) is 7.01. The van der Waals surface area contributed by atoms with E-state index in [1.165, 1.54) is 0 Å². The first kappa shape index (κ1) is 16.7. The van der Waals surface area contributed by atoms with Crippen LogP contribution in [0.3, 0.4) is 0 Å². The Morgan fingerprint density at radius 1 is 1.05 bits per heavy atom. The van der Waals surface area contributed by atoms with E-state index >= 15 is 0 Å². The Labute approximate surface area is 119 Å². The Balaban J connectivity index is 2.78. The fourth-order valence-corrected chi connectivity index (χ4v) is 1.90. The number of hydrogen-bond acceptors (Lipinski definition) is 4. The summed E-state index contributed by atoms with van der Waals surface area (Å²) in [5.41, 5.74) is -1.37. The highest BCUT2D eigenvalue weighted by Crippen LogP contribution is 2.25. The Hall–Kier alpha value is -1.33. The molecule has 1 aliphatic rings. The molecule has 0 aliphatic carbocycles. The van der Waals surface area contributed by atoms with Gasteiger partial charge in [-0.2, -0.15) is 0 Å². The van der Waals surface area contributed by atoms with Gasteiger partial charge in [0.05, 0.1) is 6.54 Å². The minimum Gasteiger partial charge on any atom is -0.458 e. The first-order valence-electron chi connectivity index (χ1n) is 6.75. The van der Waals surface area contributed by atoms with E-state index in [4.69, 9.17) is 9.47 Å². The number of ether oxygens (including phenoxy) is 2. The molecule has 5 nitrogen and oxygen atoms in total. The molecule has 0 aromatic carbocycles. The third kappa shape index (κ3) is 4.98. The number of alkyl halides is 1. The lowest BCUT2D eigenvalue weighted by Gasteiger charge is -2.29. The topological polar surface area (TPSA) is 55.8 Å². The van der Waals surface area contributed by atoms with Gasteiger partial charge in [0.25, 0.3) is 0 Å². The van der Waals surface area contributed by atoms with E-state index in [-0.39, 0.29) is 13.0 Å². The lowest BCUT2D eigenvalue weighted by atomic mass is 10.1. The van der Waals surface area contributed by atoms with E-state index in [2.05, 4.69) is 0 Å². The number of nitrogens with zero attached hydrogens (tertiary/aromatic N) is 1. The first-order valence-corrected chi connectivity index (χ1v) is 6.75. The summed E-state index contributed by atoms with van der Waals surface area (Å²) in [6.07, 6.45) is -1.97. The van der Waals surface area contributed by atoms with Crippen LogP contribution in [0.15, 0.2) is 0 Å². The molecule has 1 amide bonds. The molecule has 0 aromatic rings. The van der Waals surface area contributed by atoms with E-state index in [9.17, 15) is 14.0 Å². The number of esters is 1. The van der Waals surface area contributed by atoms with Crippen LogP contribution in [-0.2, 0) is 14.3 Å². The van der Waals surface area contributed by atoms with Crippen molar-refractivity contribution >= 4 is 12.1 Å². The molecule has 0 saturated carbocycles. The predicted molar refractivity (Wildman–Crippen MR) is 72.1 cm³/mol. The van der Waals surface area contributed by atoms with Crippen LogP contribution in [-0.4, -0.2) is 46.9 Å². The van der Waals surface area contributed by atoms with Crippen molar-refractivity contribution in [2.45, 2.75) is 71.4 Å². The van der Waals surface area contributed by atoms with Crippen molar-refractivity contribution < 1.29 is 23.5 Å². The number of carbonyl (C=O) groups is 2. The molecule has 20 heavy (non-hydrogen) atoms. The SMILES string of the molecule is CC(C)(C)OC(=O)[C@@H]1CC(F)CN1C(=O)OC(C)(C)C. The first-order chi connectivity index (χ1) is 8.89. The van der Waals surface area contributed by atoms with Gasteiger partial charge in [0.15, 0.2) is 0 Å². The Bertz CT molecular complexity index is 348. The van der Waals surface area contributed by atoms with Gasteiger partial charge in [0.2, 0.25) is 0 Å². The van der Waals surface area contributed by atoms with E-state index < -0.39 is 35.5 Å². The average Bonchev–Trinajstić information content (AvgIpc) is 2.55. The van der Waals surface area contributed by atoms with Gasteiger partial charge in [-0.3, -0.25) is 4.90 Å². The molecule has 0 radical (unpaired) electrons. The zero-order chi connectivity index (χ0) is 15.7. The standard InChI is InChI=1S/C14H24FNO4/c1-13(2,3)19-11(17)10-7-9(15)8-16(10)12(18)20-14(4,5)6/h9-10H,7-8H2,1-6H3/t9?,10-/m0/s1. The third-order valence-corrected chi connectivity index (χ3v) is 2.56. The van der Waals surface area contributed by atoms with Gasteiger partial charge in [0, 0.05) is 6.42 Å². The van der Waals surface area contributed by atoms with Crippen molar-refractivity contribution in [3.05, 3.63) is 0 Å². The van der Waals surface area contributed by atoms with Crippen molar-refractivity contribution in [3.8, 4) is 0 Å².